The molecule has 0 heterocycles. The molecular formula is C13H8BrF3O2. The summed E-state index contributed by atoms with van der Waals surface area (Å²) in [6.07, 6.45) is -4.52. The van der Waals surface area contributed by atoms with E-state index in [0.717, 1.165) is 0 Å². The van der Waals surface area contributed by atoms with Crippen LogP contribution in [0.4, 0.5) is 13.2 Å². The van der Waals surface area contributed by atoms with E-state index in [1.807, 2.05) is 0 Å². The van der Waals surface area contributed by atoms with Crippen molar-refractivity contribution in [3.05, 3.63) is 52.5 Å². The summed E-state index contributed by atoms with van der Waals surface area (Å²) >= 11 is 2.87. The standard InChI is InChI=1S/C13H8BrF3O2/c14-10-2-1-3-11(12(10)13(15,16)17)19-9-6-4-8(18)5-7-9/h1-7,18H. The molecule has 0 saturated carbocycles. The molecule has 0 radical (unpaired) electrons. The van der Waals surface area contributed by atoms with Crippen LogP contribution in [0.3, 0.4) is 0 Å². The third-order valence-corrected chi connectivity index (χ3v) is 2.98. The number of halogens is 4. The normalized spacial score (nSPS) is 11.4. The van der Waals surface area contributed by atoms with Gasteiger partial charge in [-0.3, -0.25) is 0 Å². The fourth-order valence-corrected chi connectivity index (χ4v) is 2.08. The van der Waals surface area contributed by atoms with E-state index in [1.54, 1.807) is 0 Å². The summed E-state index contributed by atoms with van der Waals surface area (Å²) in [5.74, 6) is -0.0772. The fraction of sp³-hybridized carbons (Fsp3) is 0.0769. The van der Waals surface area contributed by atoms with Crippen molar-refractivity contribution in [2.24, 2.45) is 0 Å². The highest BCUT2D eigenvalue weighted by Crippen LogP contribution is 2.42. The molecule has 0 aliphatic carbocycles. The minimum Gasteiger partial charge on any atom is -0.508 e. The van der Waals surface area contributed by atoms with Crippen LogP contribution in [0.1, 0.15) is 5.56 Å². The molecule has 0 saturated heterocycles. The Morgan fingerprint density at radius 2 is 1.63 bits per heavy atom. The Kier molecular flexibility index (Phi) is 3.71. The summed E-state index contributed by atoms with van der Waals surface area (Å²) in [6, 6.07) is 9.43. The lowest BCUT2D eigenvalue weighted by atomic mass is 10.2. The van der Waals surface area contributed by atoms with Crippen molar-refractivity contribution in [2.45, 2.75) is 6.18 Å². The predicted octanol–water partition coefficient (Wildman–Crippen LogP) is 4.97. The van der Waals surface area contributed by atoms with Crippen LogP contribution in [0.5, 0.6) is 17.2 Å². The first-order valence-electron chi connectivity index (χ1n) is 5.20. The second-order valence-corrected chi connectivity index (χ2v) is 4.56. The number of hydrogen-bond donors (Lipinski definition) is 1. The smallest absolute Gasteiger partial charge is 0.421 e. The van der Waals surface area contributed by atoms with Crippen LogP contribution in [0.2, 0.25) is 0 Å². The van der Waals surface area contributed by atoms with Crippen LogP contribution >= 0.6 is 15.9 Å². The van der Waals surface area contributed by atoms with E-state index in [-0.39, 0.29) is 21.7 Å². The van der Waals surface area contributed by atoms with E-state index < -0.39 is 11.7 Å². The molecule has 2 rings (SSSR count). The molecule has 0 aromatic heterocycles. The number of benzene rings is 2. The van der Waals surface area contributed by atoms with E-state index in [4.69, 9.17) is 9.84 Å². The van der Waals surface area contributed by atoms with Crippen molar-refractivity contribution in [1.29, 1.82) is 0 Å². The van der Waals surface area contributed by atoms with Crippen LogP contribution in [0, 0.1) is 0 Å². The second-order valence-electron chi connectivity index (χ2n) is 3.71. The van der Waals surface area contributed by atoms with Crippen molar-refractivity contribution in [3.8, 4) is 17.2 Å². The molecule has 0 amide bonds. The van der Waals surface area contributed by atoms with Crippen LogP contribution in [0.25, 0.3) is 0 Å². The topological polar surface area (TPSA) is 29.5 Å². The van der Waals surface area contributed by atoms with Gasteiger partial charge in [0.25, 0.3) is 0 Å². The molecule has 1 N–H and O–H groups in total. The third-order valence-electron chi connectivity index (χ3n) is 2.32. The van der Waals surface area contributed by atoms with Crippen LogP contribution in [-0.4, -0.2) is 5.11 Å². The van der Waals surface area contributed by atoms with Gasteiger partial charge in [0.1, 0.15) is 22.8 Å². The van der Waals surface area contributed by atoms with Crippen molar-refractivity contribution in [2.75, 3.05) is 0 Å². The van der Waals surface area contributed by atoms with E-state index in [9.17, 15) is 13.2 Å². The Labute approximate surface area is 115 Å². The number of hydrogen-bond acceptors (Lipinski definition) is 2. The second kappa shape index (κ2) is 5.13. The van der Waals surface area contributed by atoms with Crippen molar-refractivity contribution < 1.29 is 23.0 Å². The summed E-state index contributed by atoms with van der Waals surface area (Å²) in [5, 5.41) is 9.11. The molecule has 6 heteroatoms. The Hall–Kier alpha value is -1.69. The van der Waals surface area contributed by atoms with Gasteiger partial charge in [-0.25, -0.2) is 0 Å². The quantitative estimate of drug-likeness (QED) is 0.841. The lowest BCUT2D eigenvalue weighted by Gasteiger charge is -2.15. The van der Waals surface area contributed by atoms with Crippen LogP contribution in [-0.2, 0) is 6.18 Å². The highest BCUT2D eigenvalue weighted by Gasteiger charge is 2.36. The maximum atomic E-state index is 12.9. The van der Waals surface area contributed by atoms with E-state index >= 15 is 0 Å². The van der Waals surface area contributed by atoms with Gasteiger partial charge in [-0.15, -0.1) is 0 Å². The summed E-state index contributed by atoms with van der Waals surface area (Å²) < 4.78 is 43.9. The van der Waals surface area contributed by atoms with Gasteiger partial charge in [-0.2, -0.15) is 13.2 Å². The number of alkyl halides is 3. The molecule has 0 fully saturated rings. The number of phenolic OH excluding ortho intramolecular Hbond substituents is 1. The van der Waals surface area contributed by atoms with E-state index in [0.29, 0.717) is 0 Å². The van der Waals surface area contributed by atoms with Gasteiger partial charge in [0.15, 0.2) is 0 Å². The van der Waals surface area contributed by atoms with E-state index in [2.05, 4.69) is 15.9 Å². The zero-order valence-corrected chi connectivity index (χ0v) is 11.0. The average molecular weight is 333 g/mol. The molecule has 0 spiro atoms. The maximum Gasteiger partial charge on any atom is 0.421 e. The first-order chi connectivity index (χ1) is 8.88. The monoisotopic (exact) mass is 332 g/mol. The largest absolute Gasteiger partial charge is 0.508 e. The molecule has 0 unspecified atom stereocenters. The zero-order valence-electron chi connectivity index (χ0n) is 9.41. The van der Waals surface area contributed by atoms with Gasteiger partial charge in [-0.05, 0) is 36.4 Å². The lowest BCUT2D eigenvalue weighted by Crippen LogP contribution is -2.08. The van der Waals surface area contributed by atoms with Gasteiger partial charge in [-0.1, -0.05) is 22.0 Å². The molecule has 2 aromatic rings. The third kappa shape index (κ3) is 3.20. The Bertz CT molecular complexity index is 579. The SMILES string of the molecule is Oc1ccc(Oc2cccc(Br)c2C(F)(F)F)cc1. The summed E-state index contributed by atoms with van der Waals surface area (Å²) in [4.78, 5) is 0. The van der Waals surface area contributed by atoms with Crippen molar-refractivity contribution in [1.82, 2.24) is 0 Å². The number of ether oxygens (including phenoxy) is 1. The molecule has 0 aliphatic rings. The van der Waals surface area contributed by atoms with Gasteiger partial charge in [0, 0.05) is 4.47 Å². The number of aromatic hydroxyl groups is 1. The maximum absolute atomic E-state index is 12.9. The predicted molar refractivity (Wildman–Crippen MR) is 67.3 cm³/mol. The summed E-state index contributed by atoms with van der Waals surface area (Å²) in [5.41, 5.74) is -0.872. The molecule has 100 valence electrons. The van der Waals surface area contributed by atoms with Crippen molar-refractivity contribution >= 4 is 15.9 Å². The van der Waals surface area contributed by atoms with Crippen LogP contribution in [0.15, 0.2) is 46.9 Å². The Morgan fingerprint density at radius 3 is 2.21 bits per heavy atom. The molecule has 2 nitrogen and oxygen atoms in total. The number of phenols is 1. The molecule has 2 aromatic carbocycles. The fourth-order valence-electron chi connectivity index (χ4n) is 1.51. The van der Waals surface area contributed by atoms with Crippen molar-refractivity contribution in [3.63, 3.8) is 0 Å². The Balaban J connectivity index is 2.40. The molecule has 19 heavy (non-hydrogen) atoms. The summed E-state index contributed by atoms with van der Waals surface area (Å²) in [7, 11) is 0. The highest BCUT2D eigenvalue weighted by molar-refractivity contribution is 9.10. The van der Waals surface area contributed by atoms with Gasteiger partial charge >= 0.3 is 6.18 Å². The Morgan fingerprint density at radius 1 is 1.00 bits per heavy atom. The van der Waals surface area contributed by atoms with Gasteiger partial charge < -0.3 is 9.84 Å². The van der Waals surface area contributed by atoms with Gasteiger partial charge in [0.05, 0.1) is 0 Å². The first-order valence-corrected chi connectivity index (χ1v) is 6.00. The minimum atomic E-state index is -4.52. The first kappa shape index (κ1) is 13.7. The number of rotatable bonds is 2. The van der Waals surface area contributed by atoms with E-state index in [1.165, 1.54) is 42.5 Å². The van der Waals surface area contributed by atoms with Gasteiger partial charge in [0.2, 0.25) is 0 Å². The lowest BCUT2D eigenvalue weighted by molar-refractivity contribution is -0.139. The van der Waals surface area contributed by atoms with Crippen LogP contribution < -0.4 is 4.74 Å². The minimum absolute atomic E-state index is 0.0117. The average Bonchev–Trinajstić information content (AvgIpc) is 2.30. The zero-order chi connectivity index (χ0) is 14.0. The molecule has 0 atom stereocenters. The summed E-state index contributed by atoms with van der Waals surface area (Å²) in [6.45, 7) is 0. The molecule has 0 aliphatic heterocycles. The molecule has 0 bridgehead atoms. The highest BCUT2D eigenvalue weighted by atomic mass is 79.9. The molecular weight excluding hydrogens is 325 g/mol.